The molecule has 0 heterocycles. The predicted molar refractivity (Wildman–Crippen MR) is 116 cm³/mol. The average Bonchev–Trinajstić information content (AvgIpc) is 2.66. The molecule has 0 saturated carbocycles. The van der Waals surface area contributed by atoms with E-state index in [1.165, 1.54) is 0 Å². The van der Waals surface area contributed by atoms with E-state index in [4.69, 9.17) is 16.3 Å². The van der Waals surface area contributed by atoms with Crippen LogP contribution in [0.2, 0.25) is 5.02 Å². The molecule has 5 nitrogen and oxygen atoms in total. The van der Waals surface area contributed by atoms with Gasteiger partial charge in [-0.2, -0.15) is 0 Å². The molecule has 0 fully saturated rings. The Kier molecular flexibility index (Phi) is 8.09. The van der Waals surface area contributed by atoms with E-state index in [1.807, 2.05) is 51.1 Å². The van der Waals surface area contributed by atoms with E-state index in [2.05, 4.69) is 5.32 Å². The second-order valence-corrected chi connectivity index (χ2v) is 8.42. The zero-order chi connectivity index (χ0) is 21.4. The summed E-state index contributed by atoms with van der Waals surface area (Å²) >= 11 is 5.97. The van der Waals surface area contributed by atoms with Gasteiger partial charge in [-0.25, -0.2) is 0 Å². The Hall–Kier alpha value is -2.53. The highest BCUT2D eigenvalue weighted by atomic mass is 35.5. The Balaban J connectivity index is 2.09. The summed E-state index contributed by atoms with van der Waals surface area (Å²) in [6.45, 7) is 7.73. The van der Waals surface area contributed by atoms with Gasteiger partial charge in [-0.15, -0.1) is 0 Å². The van der Waals surface area contributed by atoms with Crippen molar-refractivity contribution < 1.29 is 14.3 Å². The minimum atomic E-state index is -0.617. The summed E-state index contributed by atoms with van der Waals surface area (Å²) in [6, 6.07) is 16.1. The molecule has 0 aliphatic heterocycles. The Bertz CT molecular complexity index is 818. The molecule has 2 rings (SSSR count). The molecule has 6 heteroatoms. The summed E-state index contributed by atoms with van der Waals surface area (Å²) in [4.78, 5) is 27.2. The van der Waals surface area contributed by atoms with Crippen LogP contribution in [0.4, 0.5) is 0 Å². The summed E-state index contributed by atoms with van der Waals surface area (Å²) in [7, 11) is 0. The third kappa shape index (κ3) is 7.78. The molecule has 0 radical (unpaired) electrons. The van der Waals surface area contributed by atoms with Gasteiger partial charge in [0, 0.05) is 17.1 Å². The molecule has 1 atom stereocenters. The zero-order valence-corrected chi connectivity index (χ0v) is 18.2. The molecule has 2 aromatic rings. The zero-order valence-electron chi connectivity index (χ0n) is 17.4. The molecule has 0 aliphatic rings. The normalized spacial score (nSPS) is 12.2. The molecule has 2 amide bonds. The predicted octanol–water partition coefficient (Wildman–Crippen LogP) is 4.09. The van der Waals surface area contributed by atoms with Crippen LogP contribution in [0.15, 0.2) is 54.6 Å². The summed E-state index contributed by atoms with van der Waals surface area (Å²) in [5.74, 6) is 0.0692. The topological polar surface area (TPSA) is 58.6 Å². The highest BCUT2D eigenvalue weighted by molar-refractivity contribution is 6.30. The second kappa shape index (κ2) is 10.3. The lowest BCUT2D eigenvalue weighted by Gasteiger charge is -2.31. The molecule has 156 valence electrons. The average molecular weight is 417 g/mol. The largest absolute Gasteiger partial charge is 0.484 e. The van der Waals surface area contributed by atoms with Crippen LogP contribution >= 0.6 is 11.6 Å². The van der Waals surface area contributed by atoms with E-state index in [0.717, 1.165) is 5.56 Å². The molecule has 0 spiro atoms. The van der Waals surface area contributed by atoms with Crippen LogP contribution in [-0.4, -0.2) is 41.4 Å². The first-order valence-corrected chi connectivity index (χ1v) is 10.1. The number of carbonyl (C=O) groups excluding carboxylic acids is 2. The van der Waals surface area contributed by atoms with Crippen molar-refractivity contribution in [3.8, 4) is 5.75 Å². The van der Waals surface area contributed by atoms with E-state index in [-0.39, 0.29) is 24.0 Å². The minimum Gasteiger partial charge on any atom is -0.484 e. The molecule has 0 unspecified atom stereocenters. The van der Waals surface area contributed by atoms with Crippen molar-refractivity contribution in [2.75, 3.05) is 13.2 Å². The quantitative estimate of drug-likeness (QED) is 0.705. The molecular weight excluding hydrogens is 388 g/mol. The fraction of sp³-hybridized carbons (Fsp3) is 0.391. The highest BCUT2D eigenvalue weighted by Crippen LogP contribution is 2.17. The van der Waals surface area contributed by atoms with Gasteiger partial charge in [-0.05, 0) is 57.9 Å². The van der Waals surface area contributed by atoms with Gasteiger partial charge in [0.25, 0.3) is 5.91 Å². The fourth-order valence-electron chi connectivity index (χ4n) is 2.83. The van der Waals surface area contributed by atoms with Crippen LogP contribution in [0, 0.1) is 0 Å². The Morgan fingerprint density at radius 3 is 2.41 bits per heavy atom. The number of hydrogen-bond donors (Lipinski definition) is 1. The molecular formula is C23H29ClN2O3. The van der Waals surface area contributed by atoms with Crippen molar-refractivity contribution in [3.63, 3.8) is 0 Å². The van der Waals surface area contributed by atoms with Crippen LogP contribution in [0.1, 0.15) is 33.3 Å². The molecule has 0 aromatic heterocycles. The van der Waals surface area contributed by atoms with Gasteiger partial charge < -0.3 is 15.0 Å². The number of nitrogens with zero attached hydrogens (tertiary/aromatic N) is 1. The number of rotatable bonds is 8. The van der Waals surface area contributed by atoms with E-state index >= 15 is 0 Å². The van der Waals surface area contributed by atoms with Crippen molar-refractivity contribution in [1.82, 2.24) is 10.2 Å². The van der Waals surface area contributed by atoms with Gasteiger partial charge in [0.2, 0.25) is 5.91 Å². The monoisotopic (exact) mass is 416 g/mol. The SMILES string of the molecule is C[C@@H](C(=O)NC(C)(C)C)N(CCc1ccccc1)C(=O)COc1cccc(Cl)c1. The molecule has 0 bridgehead atoms. The van der Waals surface area contributed by atoms with Gasteiger partial charge in [0.1, 0.15) is 11.8 Å². The van der Waals surface area contributed by atoms with Crippen LogP contribution < -0.4 is 10.1 Å². The first kappa shape index (κ1) is 22.8. The lowest BCUT2D eigenvalue weighted by molar-refractivity contribution is -0.142. The van der Waals surface area contributed by atoms with Gasteiger partial charge in [0.05, 0.1) is 0 Å². The summed E-state index contributed by atoms with van der Waals surface area (Å²) in [6.07, 6.45) is 0.650. The van der Waals surface area contributed by atoms with Crippen molar-refractivity contribution in [2.24, 2.45) is 0 Å². The van der Waals surface area contributed by atoms with Gasteiger partial charge in [-0.3, -0.25) is 9.59 Å². The van der Waals surface area contributed by atoms with E-state index in [0.29, 0.717) is 23.7 Å². The Morgan fingerprint density at radius 1 is 1.10 bits per heavy atom. The first-order chi connectivity index (χ1) is 13.7. The number of halogens is 1. The van der Waals surface area contributed by atoms with Gasteiger partial charge in [0.15, 0.2) is 6.61 Å². The number of amides is 2. The summed E-state index contributed by atoms with van der Waals surface area (Å²) in [5, 5.41) is 3.48. The van der Waals surface area contributed by atoms with Gasteiger partial charge in [-0.1, -0.05) is 48.0 Å². The molecule has 0 saturated heterocycles. The van der Waals surface area contributed by atoms with E-state index in [1.54, 1.807) is 36.1 Å². The number of ether oxygens (including phenoxy) is 1. The maximum atomic E-state index is 12.9. The number of hydrogen-bond acceptors (Lipinski definition) is 3. The van der Waals surface area contributed by atoms with E-state index < -0.39 is 6.04 Å². The number of nitrogens with one attached hydrogen (secondary N) is 1. The lowest BCUT2D eigenvalue weighted by atomic mass is 10.1. The van der Waals surface area contributed by atoms with Crippen LogP contribution in [0.5, 0.6) is 5.75 Å². The number of carbonyl (C=O) groups is 2. The summed E-state index contributed by atoms with van der Waals surface area (Å²) in [5.41, 5.74) is 0.723. The second-order valence-electron chi connectivity index (χ2n) is 7.98. The van der Waals surface area contributed by atoms with Crippen molar-refractivity contribution in [1.29, 1.82) is 0 Å². The first-order valence-electron chi connectivity index (χ1n) is 9.69. The molecule has 29 heavy (non-hydrogen) atoms. The highest BCUT2D eigenvalue weighted by Gasteiger charge is 2.28. The van der Waals surface area contributed by atoms with Crippen molar-refractivity contribution in [3.05, 3.63) is 65.2 Å². The van der Waals surface area contributed by atoms with Crippen molar-refractivity contribution in [2.45, 2.75) is 45.7 Å². The minimum absolute atomic E-state index is 0.164. The van der Waals surface area contributed by atoms with E-state index in [9.17, 15) is 9.59 Å². The standard InChI is InChI=1S/C23H29ClN2O3/c1-17(22(28)25-23(2,3)4)26(14-13-18-9-6-5-7-10-18)21(27)16-29-20-12-8-11-19(24)15-20/h5-12,15,17H,13-14,16H2,1-4H3,(H,25,28)/t17-/m0/s1. The van der Waals surface area contributed by atoms with Crippen LogP contribution in [-0.2, 0) is 16.0 Å². The molecule has 2 aromatic carbocycles. The van der Waals surface area contributed by atoms with Crippen LogP contribution in [0.25, 0.3) is 0 Å². The summed E-state index contributed by atoms with van der Waals surface area (Å²) < 4.78 is 5.61. The molecule has 0 aliphatic carbocycles. The number of benzene rings is 2. The maximum absolute atomic E-state index is 12.9. The maximum Gasteiger partial charge on any atom is 0.261 e. The Morgan fingerprint density at radius 2 is 1.79 bits per heavy atom. The lowest BCUT2D eigenvalue weighted by Crippen LogP contribution is -2.53. The third-order valence-electron chi connectivity index (χ3n) is 4.31. The fourth-order valence-corrected chi connectivity index (χ4v) is 3.01. The van der Waals surface area contributed by atoms with Gasteiger partial charge >= 0.3 is 0 Å². The third-order valence-corrected chi connectivity index (χ3v) is 4.54. The smallest absolute Gasteiger partial charge is 0.261 e. The molecule has 1 N–H and O–H groups in total. The van der Waals surface area contributed by atoms with Crippen molar-refractivity contribution >= 4 is 23.4 Å². The Labute approximate surface area is 178 Å². The van der Waals surface area contributed by atoms with Crippen LogP contribution in [0.3, 0.4) is 0 Å².